The van der Waals surface area contributed by atoms with Crippen molar-refractivity contribution >= 4 is 17.4 Å². The lowest BCUT2D eigenvalue weighted by atomic mass is 9.85. The van der Waals surface area contributed by atoms with Gasteiger partial charge in [0.15, 0.2) is 0 Å². The van der Waals surface area contributed by atoms with Crippen LogP contribution in [0.2, 0.25) is 0 Å². The molecule has 1 fully saturated rings. The zero-order chi connectivity index (χ0) is 25.2. The molecule has 0 aliphatic carbocycles. The van der Waals surface area contributed by atoms with Crippen molar-refractivity contribution in [1.29, 1.82) is 0 Å². The molecule has 2 aromatic carbocycles. The molecule has 3 atom stereocenters. The summed E-state index contributed by atoms with van der Waals surface area (Å²) in [6.07, 6.45) is 3.48. The predicted octanol–water partition coefficient (Wildman–Crippen LogP) is 3.69. The fourth-order valence-electron chi connectivity index (χ4n) is 4.90. The molecule has 2 N–H and O–H groups in total. The van der Waals surface area contributed by atoms with Crippen molar-refractivity contribution in [2.75, 3.05) is 70.0 Å². The number of hydrogen-bond acceptors (Lipinski definition) is 8. The first-order valence-corrected chi connectivity index (χ1v) is 14.3. The van der Waals surface area contributed by atoms with Crippen LogP contribution in [-0.2, 0) is 16.1 Å². The molecule has 36 heavy (non-hydrogen) atoms. The molecule has 0 unspecified atom stereocenters. The number of fused-ring (bicyclic) bond motifs is 1. The highest BCUT2D eigenvalue weighted by Gasteiger charge is 2.34. The summed E-state index contributed by atoms with van der Waals surface area (Å²) in [7, 11) is 1.74. The van der Waals surface area contributed by atoms with Gasteiger partial charge in [0.2, 0.25) is 0 Å². The highest BCUT2D eigenvalue weighted by atomic mass is 32.2. The van der Waals surface area contributed by atoms with Gasteiger partial charge in [-0.1, -0.05) is 18.2 Å². The fraction of sp³-hybridized carbons (Fsp3) is 0.571. The summed E-state index contributed by atoms with van der Waals surface area (Å²) in [6, 6.07) is 14.4. The lowest BCUT2D eigenvalue weighted by Crippen LogP contribution is -2.49. The van der Waals surface area contributed by atoms with E-state index in [0.717, 1.165) is 73.2 Å². The van der Waals surface area contributed by atoms with Crippen molar-refractivity contribution in [2.45, 2.75) is 37.6 Å². The molecule has 1 saturated heterocycles. The minimum absolute atomic E-state index is 0.0942. The summed E-state index contributed by atoms with van der Waals surface area (Å²) in [5.74, 6) is 2.79. The van der Waals surface area contributed by atoms with Gasteiger partial charge in [0.05, 0.1) is 37.7 Å². The van der Waals surface area contributed by atoms with Gasteiger partial charge in [-0.3, -0.25) is 0 Å². The van der Waals surface area contributed by atoms with E-state index in [2.05, 4.69) is 40.7 Å². The number of ether oxygens (including phenoxy) is 4. The van der Waals surface area contributed by atoms with Gasteiger partial charge in [-0.05, 0) is 60.2 Å². The molecular weight excluding hydrogens is 476 g/mol. The minimum atomic E-state index is -0.509. The third kappa shape index (κ3) is 7.29. The average Bonchev–Trinajstić information content (AvgIpc) is 2.91. The maximum atomic E-state index is 10.8. The molecule has 7 nitrogen and oxygen atoms in total. The van der Waals surface area contributed by atoms with Crippen LogP contribution in [0.1, 0.15) is 29.9 Å². The molecule has 0 bridgehead atoms. The van der Waals surface area contributed by atoms with E-state index < -0.39 is 6.10 Å². The second-order valence-electron chi connectivity index (χ2n) is 9.35. The van der Waals surface area contributed by atoms with E-state index in [1.807, 2.05) is 30.0 Å². The van der Waals surface area contributed by atoms with Gasteiger partial charge in [0, 0.05) is 39.3 Å². The van der Waals surface area contributed by atoms with Crippen molar-refractivity contribution in [3.63, 3.8) is 0 Å². The van der Waals surface area contributed by atoms with Crippen LogP contribution in [0.15, 0.2) is 42.5 Å². The van der Waals surface area contributed by atoms with E-state index in [1.165, 1.54) is 0 Å². The van der Waals surface area contributed by atoms with Crippen LogP contribution < -0.4 is 19.7 Å². The maximum absolute atomic E-state index is 10.8. The molecule has 198 valence electrons. The maximum Gasteiger partial charge on any atom is 0.142 e. The third-order valence-electron chi connectivity index (χ3n) is 6.76. The van der Waals surface area contributed by atoms with E-state index in [4.69, 9.17) is 18.9 Å². The summed E-state index contributed by atoms with van der Waals surface area (Å²) in [4.78, 5) is 2.36. The normalized spacial score (nSPS) is 21.6. The van der Waals surface area contributed by atoms with Gasteiger partial charge >= 0.3 is 0 Å². The summed E-state index contributed by atoms with van der Waals surface area (Å²) >= 11 is 1.83. The highest BCUT2D eigenvalue weighted by Crippen LogP contribution is 2.34. The zero-order valence-electron chi connectivity index (χ0n) is 21.5. The van der Waals surface area contributed by atoms with Crippen molar-refractivity contribution in [1.82, 2.24) is 5.32 Å². The van der Waals surface area contributed by atoms with E-state index in [0.29, 0.717) is 26.3 Å². The van der Waals surface area contributed by atoms with Gasteiger partial charge in [0.25, 0.3) is 0 Å². The molecule has 0 aromatic heterocycles. The Morgan fingerprint density at radius 1 is 1.11 bits per heavy atom. The number of β-amino-alcohol motifs (C(OH)–C–C–N with tert-alkyl or cyclic N) is 1. The number of anilines is 1. The predicted molar refractivity (Wildman–Crippen MR) is 146 cm³/mol. The summed E-state index contributed by atoms with van der Waals surface area (Å²) in [5, 5.41) is 14.2. The lowest BCUT2D eigenvalue weighted by Gasteiger charge is -2.36. The van der Waals surface area contributed by atoms with Crippen molar-refractivity contribution in [3.05, 3.63) is 53.6 Å². The molecule has 0 radical (unpaired) electrons. The van der Waals surface area contributed by atoms with Crippen LogP contribution in [0.5, 0.6) is 11.5 Å². The number of nitrogens with zero attached hydrogens (tertiary/aromatic N) is 1. The Labute approximate surface area is 219 Å². The van der Waals surface area contributed by atoms with E-state index in [9.17, 15) is 5.11 Å². The van der Waals surface area contributed by atoms with Crippen LogP contribution in [-0.4, -0.2) is 82.4 Å². The first kappa shape index (κ1) is 27.1. The number of aliphatic hydroxyl groups is 1. The Bertz CT molecular complexity index is 929. The number of benzene rings is 2. The van der Waals surface area contributed by atoms with Crippen molar-refractivity contribution < 1.29 is 24.1 Å². The number of hydrogen-bond donors (Lipinski definition) is 2. The summed E-state index contributed by atoms with van der Waals surface area (Å²) < 4.78 is 23.4. The van der Waals surface area contributed by atoms with Gasteiger partial charge in [-0.15, -0.1) is 0 Å². The van der Waals surface area contributed by atoms with Gasteiger partial charge in [-0.2, -0.15) is 11.8 Å². The minimum Gasteiger partial charge on any atom is -0.494 e. The molecule has 2 aliphatic rings. The first-order valence-electron chi connectivity index (χ1n) is 12.9. The number of nitrogens with one attached hydrogen (secondary N) is 1. The Kier molecular flexibility index (Phi) is 10.6. The second kappa shape index (κ2) is 14.1. The highest BCUT2D eigenvalue weighted by molar-refractivity contribution is 7.98. The zero-order valence-corrected chi connectivity index (χ0v) is 22.3. The lowest BCUT2D eigenvalue weighted by molar-refractivity contribution is -0.0328. The quantitative estimate of drug-likeness (QED) is 0.391. The van der Waals surface area contributed by atoms with E-state index in [1.54, 1.807) is 7.11 Å². The summed E-state index contributed by atoms with van der Waals surface area (Å²) in [5.41, 5.74) is 3.29. The van der Waals surface area contributed by atoms with Crippen LogP contribution in [0.4, 0.5) is 5.69 Å². The molecule has 0 spiro atoms. The molecule has 2 aromatic rings. The Morgan fingerprint density at radius 2 is 1.97 bits per heavy atom. The molecule has 2 heterocycles. The third-order valence-corrected chi connectivity index (χ3v) is 7.46. The largest absolute Gasteiger partial charge is 0.494 e. The van der Waals surface area contributed by atoms with Gasteiger partial charge < -0.3 is 34.3 Å². The molecule has 0 amide bonds. The number of methoxy groups -OCH3 is 1. The van der Waals surface area contributed by atoms with Crippen LogP contribution in [0.3, 0.4) is 0 Å². The number of thioether (sulfide) groups is 1. The Balaban J connectivity index is 1.39. The molecule has 8 heteroatoms. The molecular formula is C28H40N2O5S. The van der Waals surface area contributed by atoms with E-state index in [-0.39, 0.29) is 12.0 Å². The van der Waals surface area contributed by atoms with E-state index >= 15 is 0 Å². The average molecular weight is 517 g/mol. The Hall–Kier alpha value is -1.97. The molecule has 0 saturated carbocycles. The second-order valence-corrected chi connectivity index (χ2v) is 10.3. The summed E-state index contributed by atoms with van der Waals surface area (Å²) in [6.45, 7) is 5.72. The van der Waals surface area contributed by atoms with Crippen LogP contribution in [0, 0.1) is 0 Å². The first-order chi connectivity index (χ1) is 17.7. The monoisotopic (exact) mass is 516 g/mol. The number of rotatable bonds is 13. The van der Waals surface area contributed by atoms with Crippen LogP contribution in [0.25, 0.3) is 0 Å². The Morgan fingerprint density at radius 3 is 2.78 bits per heavy atom. The number of piperidine rings is 1. The topological polar surface area (TPSA) is 72.4 Å². The smallest absolute Gasteiger partial charge is 0.142 e. The van der Waals surface area contributed by atoms with Crippen molar-refractivity contribution in [3.8, 4) is 11.5 Å². The SMILES string of the molecule is COCCCN1CCOc2ccc(CO[C@H]3CNC[C@@H](O)[C@@H]3c3ccc(OCCCSC)cc3)cc21. The fourth-order valence-corrected chi connectivity index (χ4v) is 5.30. The van der Waals surface area contributed by atoms with Gasteiger partial charge in [-0.25, -0.2) is 0 Å². The molecule has 2 aliphatic heterocycles. The van der Waals surface area contributed by atoms with Gasteiger partial charge in [0.1, 0.15) is 18.1 Å². The van der Waals surface area contributed by atoms with Crippen molar-refractivity contribution in [2.24, 2.45) is 0 Å². The van der Waals surface area contributed by atoms with Crippen LogP contribution >= 0.6 is 11.8 Å². The number of aliphatic hydroxyl groups excluding tert-OH is 1. The standard InChI is InChI=1S/C28H40N2O5S/c1-32-13-3-11-30-12-15-34-26-10-5-21(17-24(26)30)20-35-27-19-29-18-25(31)28(27)22-6-8-23(9-7-22)33-14-4-16-36-2/h5-10,17,25,27-29,31H,3-4,11-16,18-20H2,1-2H3/t25-,27+,28+/m1/s1. The molecule has 4 rings (SSSR count).